The minimum atomic E-state index is -0.0923. The van der Waals surface area contributed by atoms with E-state index in [1.54, 1.807) is 0 Å². The Morgan fingerprint density at radius 2 is 1.24 bits per heavy atom. The molecule has 0 amide bonds. The van der Waals surface area contributed by atoms with Gasteiger partial charge in [0.05, 0.1) is 19.8 Å². The largest absolute Gasteiger partial charge is 0.463 e. The molecule has 1 heterocycles. The van der Waals surface area contributed by atoms with Crippen LogP contribution in [-0.2, 0) is 19.0 Å². The van der Waals surface area contributed by atoms with Crippen molar-refractivity contribution in [3.8, 4) is 0 Å². The molecule has 1 fully saturated rings. The summed E-state index contributed by atoms with van der Waals surface area (Å²) in [6.45, 7) is 6.92. The van der Waals surface area contributed by atoms with Crippen LogP contribution in [-0.4, -0.2) is 49.5 Å². The smallest absolute Gasteiger partial charge is 0.305 e. The van der Waals surface area contributed by atoms with E-state index < -0.39 is 0 Å². The lowest BCUT2D eigenvalue weighted by molar-refractivity contribution is -0.145. The van der Waals surface area contributed by atoms with Crippen molar-refractivity contribution >= 4 is 17.7 Å². The summed E-state index contributed by atoms with van der Waals surface area (Å²) in [5.74, 6) is -0.0923. The van der Waals surface area contributed by atoms with E-state index in [2.05, 4.69) is 18.7 Å². The quantitative estimate of drug-likeness (QED) is 0.111. The van der Waals surface area contributed by atoms with Gasteiger partial charge in [0, 0.05) is 23.5 Å². The van der Waals surface area contributed by atoms with Crippen molar-refractivity contribution in [2.24, 2.45) is 0 Å². The first-order chi connectivity index (χ1) is 14.3. The lowest BCUT2D eigenvalue weighted by Gasteiger charge is -2.06. The van der Waals surface area contributed by atoms with Gasteiger partial charge in [-0.25, -0.2) is 0 Å². The lowest BCUT2D eigenvalue weighted by Crippen LogP contribution is -2.12. The summed E-state index contributed by atoms with van der Waals surface area (Å²) in [5, 5.41) is 1.93. The first-order valence-electron chi connectivity index (χ1n) is 12.2. The fourth-order valence-corrected chi connectivity index (χ4v) is 4.84. The van der Waals surface area contributed by atoms with Crippen LogP contribution in [0.2, 0.25) is 0 Å². The van der Waals surface area contributed by atoms with Gasteiger partial charge in [-0.2, -0.15) is 11.8 Å². The third-order valence-electron chi connectivity index (χ3n) is 5.47. The second kappa shape index (κ2) is 19.7. The number of carbonyl (C=O) groups is 1. The van der Waals surface area contributed by atoms with Crippen LogP contribution in [0.15, 0.2) is 0 Å². The highest BCUT2D eigenvalue weighted by Crippen LogP contribution is 2.47. The van der Waals surface area contributed by atoms with Crippen LogP contribution < -0.4 is 0 Å². The zero-order valence-electron chi connectivity index (χ0n) is 19.1. The number of carbonyl (C=O) groups excluding carboxylic acids is 1. The summed E-state index contributed by atoms with van der Waals surface area (Å²) in [7, 11) is 0. The molecule has 4 nitrogen and oxygen atoms in total. The first-order valence-corrected chi connectivity index (χ1v) is 13.2. The van der Waals surface area contributed by atoms with Gasteiger partial charge in [0.25, 0.3) is 0 Å². The Kier molecular flexibility index (Phi) is 18.2. The summed E-state index contributed by atoms with van der Waals surface area (Å²) < 4.78 is 15.7. The van der Waals surface area contributed by atoms with Gasteiger partial charge in [-0.1, -0.05) is 71.1 Å². The number of hydrogen-bond donors (Lipinski definition) is 0. The predicted molar refractivity (Wildman–Crippen MR) is 124 cm³/mol. The van der Waals surface area contributed by atoms with E-state index in [1.807, 2.05) is 6.92 Å². The van der Waals surface area contributed by atoms with Gasteiger partial charge in [-0.3, -0.25) is 4.79 Å². The van der Waals surface area contributed by atoms with Crippen molar-refractivity contribution in [1.29, 1.82) is 0 Å². The molecule has 1 rings (SSSR count). The van der Waals surface area contributed by atoms with Gasteiger partial charge in [0.15, 0.2) is 0 Å². The summed E-state index contributed by atoms with van der Waals surface area (Å²) >= 11 is 2.21. The average molecular weight is 431 g/mol. The van der Waals surface area contributed by atoms with E-state index in [0.29, 0.717) is 39.5 Å². The lowest BCUT2D eigenvalue weighted by atomic mass is 10.0. The van der Waals surface area contributed by atoms with E-state index in [4.69, 9.17) is 14.2 Å². The predicted octanol–water partition coefficient (Wildman–Crippen LogP) is 6.55. The molecular formula is C24H46O4S. The molecule has 0 aromatic heterocycles. The number of esters is 1. The van der Waals surface area contributed by atoms with Crippen LogP contribution in [0.4, 0.5) is 0 Å². The van der Waals surface area contributed by atoms with E-state index in [-0.39, 0.29) is 5.97 Å². The molecule has 0 aromatic carbocycles. The topological polar surface area (TPSA) is 44.8 Å². The molecule has 29 heavy (non-hydrogen) atoms. The third-order valence-corrected chi connectivity index (χ3v) is 6.98. The standard InChI is InChI=1S/C24H46O4S/c1-3-5-6-7-9-12-15-22-23(29-22)16-13-10-8-11-14-17-24(25)28-21-20-27-19-18-26-4-2/h22-23H,3-21H2,1-2H3/t22-,23+/m1/s1. The number of unbranched alkanes of at least 4 members (excludes halogenated alkanes) is 9. The van der Waals surface area contributed by atoms with Gasteiger partial charge >= 0.3 is 5.97 Å². The Bertz CT molecular complexity index is 378. The van der Waals surface area contributed by atoms with Crippen LogP contribution >= 0.6 is 11.8 Å². The maximum Gasteiger partial charge on any atom is 0.305 e. The highest BCUT2D eigenvalue weighted by Gasteiger charge is 2.36. The summed E-state index contributed by atoms with van der Waals surface area (Å²) in [5.41, 5.74) is 0. The fourth-order valence-electron chi connectivity index (χ4n) is 3.61. The molecule has 1 saturated heterocycles. The molecule has 5 heteroatoms. The Morgan fingerprint density at radius 3 is 1.90 bits per heavy atom. The highest BCUT2D eigenvalue weighted by molar-refractivity contribution is 8.07. The van der Waals surface area contributed by atoms with Gasteiger partial charge < -0.3 is 14.2 Å². The Hall–Kier alpha value is -0.260. The van der Waals surface area contributed by atoms with Gasteiger partial charge in [0.1, 0.15) is 6.61 Å². The Morgan fingerprint density at radius 1 is 0.690 bits per heavy atom. The minimum absolute atomic E-state index is 0.0923. The first kappa shape index (κ1) is 26.8. The summed E-state index contributed by atoms with van der Waals surface area (Å²) in [6, 6.07) is 0. The van der Waals surface area contributed by atoms with Crippen LogP contribution in [0, 0.1) is 0 Å². The Labute approximate surface area is 184 Å². The summed E-state index contributed by atoms with van der Waals surface area (Å²) in [6.07, 6.45) is 17.9. The number of ether oxygens (including phenoxy) is 3. The number of rotatable bonds is 22. The van der Waals surface area contributed by atoms with Crippen molar-refractivity contribution in [2.75, 3.05) is 33.0 Å². The molecule has 0 N–H and O–H groups in total. The SMILES string of the molecule is CCCCCCCC[C@H]1S[C@H]1CCCCCCCC(=O)OCCOCCOCC. The van der Waals surface area contributed by atoms with Gasteiger partial charge in [-0.15, -0.1) is 0 Å². The van der Waals surface area contributed by atoms with Crippen molar-refractivity contribution in [3.05, 3.63) is 0 Å². The Balaban J connectivity index is 1.75. The fraction of sp³-hybridized carbons (Fsp3) is 0.958. The monoisotopic (exact) mass is 430 g/mol. The minimum Gasteiger partial charge on any atom is -0.463 e. The number of hydrogen-bond acceptors (Lipinski definition) is 5. The summed E-state index contributed by atoms with van der Waals surface area (Å²) in [4.78, 5) is 11.7. The average Bonchev–Trinajstić information content (AvgIpc) is 3.47. The zero-order valence-corrected chi connectivity index (χ0v) is 19.9. The van der Waals surface area contributed by atoms with Crippen LogP contribution in [0.5, 0.6) is 0 Å². The van der Waals surface area contributed by atoms with Crippen molar-refractivity contribution in [1.82, 2.24) is 0 Å². The molecule has 0 unspecified atom stereocenters. The molecule has 0 spiro atoms. The van der Waals surface area contributed by atoms with E-state index >= 15 is 0 Å². The molecular weight excluding hydrogens is 384 g/mol. The molecule has 1 aliphatic rings. The van der Waals surface area contributed by atoms with Crippen molar-refractivity contribution in [3.63, 3.8) is 0 Å². The van der Waals surface area contributed by atoms with E-state index in [9.17, 15) is 4.79 Å². The normalized spacial score (nSPS) is 18.1. The second-order valence-electron chi connectivity index (χ2n) is 8.11. The zero-order chi connectivity index (χ0) is 21.0. The molecule has 172 valence electrons. The van der Waals surface area contributed by atoms with Crippen LogP contribution in [0.1, 0.15) is 104 Å². The molecule has 0 saturated carbocycles. The maximum absolute atomic E-state index is 11.7. The van der Waals surface area contributed by atoms with Gasteiger partial charge in [0.2, 0.25) is 0 Å². The molecule has 0 aliphatic carbocycles. The molecule has 0 radical (unpaired) electrons. The second-order valence-corrected chi connectivity index (χ2v) is 9.59. The molecule has 0 bridgehead atoms. The van der Waals surface area contributed by atoms with E-state index in [0.717, 1.165) is 23.3 Å². The molecule has 2 atom stereocenters. The third kappa shape index (κ3) is 17.1. The maximum atomic E-state index is 11.7. The van der Waals surface area contributed by atoms with Crippen LogP contribution in [0.25, 0.3) is 0 Å². The van der Waals surface area contributed by atoms with Crippen molar-refractivity contribution < 1.29 is 19.0 Å². The molecule has 1 aliphatic heterocycles. The van der Waals surface area contributed by atoms with Crippen molar-refractivity contribution in [2.45, 2.75) is 114 Å². The number of thioether (sulfide) groups is 1. The van der Waals surface area contributed by atoms with Gasteiger partial charge in [-0.05, 0) is 26.2 Å². The van der Waals surface area contributed by atoms with Crippen LogP contribution in [0.3, 0.4) is 0 Å². The highest BCUT2D eigenvalue weighted by atomic mass is 32.2. The molecule has 0 aromatic rings. The van der Waals surface area contributed by atoms with E-state index in [1.165, 1.54) is 70.6 Å².